The second kappa shape index (κ2) is 11.2. The van der Waals surface area contributed by atoms with Crippen LogP contribution in [-0.4, -0.2) is 42.3 Å². The molecule has 5 atom stereocenters. The van der Waals surface area contributed by atoms with Gasteiger partial charge in [-0.1, -0.05) is 70.9 Å². The Kier molecular flexibility index (Phi) is 8.05. The number of hydrogen-bond donors (Lipinski definition) is 1. The number of ether oxygens (including phenoxy) is 3. The summed E-state index contributed by atoms with van der Waals surface area (Å²) in [5.41, 5.74) is 19.5. The molecular weight excluding hydrogens is 388 g/mol. The molecule has 2 aromatic rings. The molecule has 0 radical (unpaired) electrons. The van der Waals surface area contributed by atoms with Crippen LogP contribution < -0.4 is 0 Å². The third-order valence-electron chi connectivity index (χ3n) is 4.69. The molecule has 1 fully saturated rings. The number of rotatable bonds is 9. The van der Waals surface area contributed by atoms with Crippen molar-refractivity contribution < 1.29 is 19.3 Å². The van der Waals surface area contributed by atoms with Crippen molar-refractivity contribution >= 4 is 0 Å². The van der Waals surface area contributed by atoms with E-state index >= 15 is 0 Å². The minimum Gasteiger partial charge on any atom is -0.388 e. The molecular formula is C20H22N6O4. The quantitative estimate of drug-likeness (QED) is 0.380. The fourth-order valence-electron chi connectivity index (χ4n) is 3.20. The van der Waals surface area contributed by atoms with E-state index in [1.165, 1.54) is 0 Å². The van der Waals surface area contributed by atoms with Gasteiger partial charge in [-0.05, 0) is 22.2 Å². The average Bonchev–Trinajstić information content (AvgIpc) is 2.79. The van der Waals surface area contributed by atoms with Crippen LogP contribution in [-0.2, 0) is 27.4 Å². The molecule has 1 unspecified atom stereocenters. The first-order valence-corrected chi connectivity index (χ1v) is 9.42. The highest BCUT2D eigenvalue weighted by Gasteiger charge is 2.46. The van der Waals surface area contributed by atoms with Gasteiger partial charge in [-0.15, -0.1) is 0 Å². The van der Waals surface area contributed by atoms with Gasteiger partial charge in [-0.2, -0.15) is 0 Å². The van der Waals surface area contributed by atoms with Crippen LogP contribution in [0.25, 0.3) is 20.9 Å². The van der Waals surface area contributed by atoms with Crippen LogP contribution >= 0.6 is 0 Å². The SMILES string of the molecule is [N-]=[N+]=NC[C@H]1OC(OCc2ccccc2)[C@H](N=[N+]=[N-])[C@@H](OCc2ccccc2)[C@@H]1O. The van der Waals surface area contributed by atoms with Crippen LogP contribution in [0.5, 0.6) is 0 Å². The fourth-order valence-corrected chi connectivity index (χ4v) is 3.20. The number of azide groups is 2. The molecule has 1 aliphatic rings. The summed E-state index contributed by atoms with van der Waals surface area (Å²) in [5, 5.41) is 18.0. The van der Waals surface area contributed by atoms with Crippen molar-refractivity contribution in [2.45, 2.75) is 43.9 Å². The third kappa shape index (κ3) is 5.71. The molecule has 0 spiro atoms. The summed E-state index contributed by atoms with van der Waals surface area (Å²) in [6.45, 7) is 0.287. The van der Waals surface area contributed by atoms with Gasteiger partial charge in [0.25, 0.3) is 0 Å². The Balaban J connectivity index is 1.79. The van der Waals surface area contributed by atoms with Gasteiger partial charge < -0.3 is 19.3 Å². The summed E-state index contributed by atoms with van der Waals surface area (Å²) in [6, 6.07) is 17.9. The largest absolute Gasteiger partial charge is 0.388 e. The molecule has 0 bridgehead atoms. The smallest absolute Gasteiger partial charge is 0.169 e. The predicted molar refractivity (Wildman–Crippen MR) is 108 cm³/mol. The minimum atomic E-state index is -1.17. The van der Waals surface area contributed by atoms with Crippen LogP contribution in [0.3, 0.4) is 0 Å². The van der Waals surface area contributed by atoms with Gasteiger partial charge >= 0.3 is 0 Å². The van der Waals surface area contributed by atoms with Gasteiger partial charge in [-0.25, -0.2) is 0 Å². The molecule has 0 aromatic heterocycles. The summed E-state index contributed by atoms with van der Waals surface area (Å²) >= 11 is 0. The maximum Gasteiger partial charge on any atom is 0.169 e. The first kappa shape index (κ1) is 21.6. The van der Waals surface area contributed by atoms with Crippen LogP contribution in [0.1, 0.15) is 11.1 Å². The molecule has 2 aromatic carbocycles. The molecule has 0 saturated carbocycles. The van der Waals surface area contributed by atoms with E-state index in [4.69, 9.17) is 25.3 Å². The maximum atomic E-state index is 10.8. The van der Waals surface area contributed by atoms with E-state index in [1.54, 1.807) is 0 Å². The summed E-state index contributed by atoms with van der Waals surface area (Å²) < 4.78 is 17.6. The lowest BCUT2D eigenvalue weighted by Gasteiger charge is -2.42. The third-order valence-corrected chi connectivity index (χ3v) is 4.69. The number of aliphatic hydroxyl groups excluding tert-OH is 1. The lowest BCUT2D eigenvalue weighted by molar-refractivity contribution is -0.269. The topological polar surface area (TPSA) is 145 Å². The first-order chi connectivity index (χ1) is 14.7. The van der Waals surface area contributed by atoms with Crippen LogP contribution in [0, 0.1) is 0 Å². The highest BCUT2D eigenvalue weighted by Crippen LogP contribution is 2.29. The molecule has 30 heavy (non-hydrogen) atoms. The van der Waals surface area contributed by atoms with E-state index in [2.05, 4.69) is 20.1 Å². The summed E-state index contributed by atoms with van der Waals surface area (Å²) in [6.07, 6.45) is -3.93. The maximum absolute atomic E-state index is 10.8. The first-order valence-electron chi connectivity index (χ1n) is 9.42. The van der Waals surface area contributed by atoms with Gasteiger partial charge in [0.1, 0.15) is 12.1 Å². The molecule has 1 N–H and O–H groups in total. The number of nitrogens with zero attached hydrogens (tertiary/aromatic N) is 6. The van der Waals surface area contributed by atoms with Gasteiger partial charge in [-0.3, -0.25) is 0 Å². The van der Waals surface area contributed by atoms with Crippen molar-refractivity contribution in [2.24, 2.45) is 10.2 Å². The van der Waals surface area contributed by atoms with E-state index in [9.17, 15) is 5.11 Å². The zero-order chi connectivity index (χ0) is 21.2. The molecule has 1 saturated heterocycles. The average molecular weight is 410 g/mol. The Bertz CT molecular complexity index is 887. The van der Waals surface area contributed by atoms with E-state index in [0.29, 0.717) is 0 Å². The van der Waals surface area contributed by atoms with Crippen molar-refractivity contribution in [3.8, 4) is 0 Å². The van der Waals surface area contributed by atoms with Crippen molar-refractivity contribution in [1.82, 2.24) is 0 Å². The van der Waals surface area contributed by atoms with Crippen LogP contribution in [0.4, 0.5) is 0 Å². The molecule has 1 heterocycles. The van der Waals surface area contributed by atoms with Gasteiger partial charge in [0.2, 0.25) is 0 Å². The van der Waals surface area contributed by atoms with Gasteiger partial charge in [0.15, 0.2) is 6.29 Å². The standard InChI is InChI=1S/C20H22N6O4/c21-25-23-11-16-18(27)19(28-12-14-7-3-1-4-8-14)17(24-26-22)20(30-16)29-13-15-9-5-2-6-10-15/h1-10,16-20,27H,11-13H2/t16-,17-,18-,19-,20?/m1/s1. The van der Waals surface area contributed by atoms with Gasteiger partial charge in [0.05, 0.1) is 32.0 Å². The molecule has 10 nitrogen and oxygen atoms in total. The monoisotopic (exact) mass is 410 g/mol. The summed E-state index contributed by atoms with van der Waals surface area (Å²) in [5.74, 6) is 0. The molecule has 1 aliphatic heterocycles. The van der Waals surface area contributed by atoms with Crippen LogP contribution in [0.15, 0.2) is 70.9 Å². The van der Waals surface area contributed by atoms with Crippen molar-refractivity contribution in [1.29, 1.82) is 0 Å². The van der Waals surface area contributed by atoms with Gasteiger partial charge in [0, 0.05) is 9.82 Å². The number of benzene rings is 2. The highest BCUT2D eigenvalue weighted by molar-refractivity contribution is 5.14. The second-order valence-corrected chi connectivity index (χ2v) is 6.70. The van der Waals surface area contributed by atoms with E-state index in [0.717, 1.165) is 11.1 Å². The highest BCUT2D eigenvalue weighted by atomic mass is 16.7. The van der Waals surface area contributed by atoms with Crippen molar-refractivity contribution in [3.05, 3.63) is 92.7 Å². The molecule has 156 valence electrons. The summed E-state index contributed by atoms with van der Waals surface area (Å²) in [4.78, 5) is 5.61. The zero-order valence-corrected chi connectivity index (χ0v) is 16.1. The molecule has 10 heteroatoms. The molecule has 0 amide bonds. The van der Waals surface area contributed by atoms with E-state index in [-0.39, 0.29) is 19.8 Å². The summed E-state index contributed by atoms with van der Waals surface area (Å²) in [7, 11) is 0. The Morgan fingerprint density at radius 1 is 0.900 bits per heavy atom. The molecule has 0 aliphatic carbocycles. The lowest BCUT2D eigenvalue weighted by Crippen LogP contribution is -2.59. The number of aliphatic hydroxyl groups is 1. The van der Waals surface area contributed by atoms with E-state index < -0.39 is 30.6 Å². The number of hydrogen-bond acceptors (Lipinski definition) is 6. The Morgan fingerprint density at radius 2 is 1.50 bits per heavy atom. The minimum absolute atomic E-state index is 0.114. The van der Waals surface area contributed by atoms with Crippen molar-refractivity contribution in [3.63, 3.8) is 0 Å². The van der Waals surface area contributed by atoms with Crippen LogP contribution in [0.2, 0.25) is 0 Å². The normalized spacial score (nSPS) is 25.7. The van der Waals surface area contributed by atoms with Crippen molar-refractivity contribution in [2.75, 3.05) is 6.54 Å². The Morgan fingerprint density at radius 3 is 2.07 bits per heavy atom. The second-order valence-electron chi connectivity index (χ2n) is 6.70. The Hall–Kier alpha value is -3.10. The lowest BCUT2D eigenvalue weighted by atomic mass is 9.97. The predicted octanol–water partition coefficient (Wildman–Crippen LogP) is 3.86. The molecule has 3 rings (SSSR count). The zero-order valence-electron chi connectivity index (χ0n) is 16.1. The van der Waals surface area contributed by atoms with E-state index in [1.807, 2.05) is 60.7 Å². The fraction of sp³-hybridized carbons (Fsp3) is 0.400. The Labute approximate surface area is 173 Å².